The van der Waals surface area contributed by atoms with E-state index >= 15 is 0 Å². The van der Waals surface area contributed by atoms with E-state index in [0.717, 1.165) is 22.6 Å². The Morgan fingerprint density at radius 1 is 1.07 bits per heavy atom. The highest BCUT2D eigenvalue weighted by Crippen LogP contribution is 2.38. The smallest absolute Gasteiger partial charge is 0.184 e. The van der Waals surface area contributed by atoms with E-state index in [1.165, 1.54) is 0 Å². The van der Waals surface area contributed by atoms with Gasteiger partial charge in [0.25, 0.3) is 0 Å². The van der Waals surface area contributed by atoms with Gasteiger partial charge in [-0.25, -0.2) is 0 Å². The summed E-state index contributed by atoms with van der Waals surface area (Å²) in [7, 11) is 1.64. The monoisotopic (exact) mass is 432 g/mol. The van der Waals surface area contributed by atoms with Crippen molar-refractivity contribution in [3.63, 3.8) is 0 Å². The van der Waals surface area contributed by atoms with Gasteiger partial charge in [-0.3, -0.25) is 0 Å². The van der Waals surface area contributed by atoms with Crippen LogP contribution in [0.3, 0.4) is 0 Å². The molecule has 0 spiro atoms. The Kier molecular flexibility index (Phi) is 7.30. The molecule has 2 aliphatic heterocycles. The molecule has 0 unspecified atom stereocenters. The number of ether oxygens (including phenoxy) is 5. The van der Waals surface area contributed by atoms with Gasteiger partial charge in [-0.2, -0.15) is 0 Å². The molecule has 6 atom stereocenters. The van der Waals surface area contributed by atoms with Crippen molar-refractivity contribution in [2.45, 2.75) is 49.7 Å². The highest BCUT2D eigenvalue weighted by molar-refractivity contribution is 7.99. The van der Waals surface area contributed by atoms with Gasteiger partial charge in [-0.15, -0.1) is 11.8 Å². The molecule has 2 heterocycles. The van der Waals surface area contributed by atoms with E-state index in [9.17, 15) is 5.11 Å². The van der Waals surface area contributed by atoms with Crippen LogP contribution in [0, 0.1) is 0 Å². The number of thioether (sulfide) groups is 1. The van der Waals surface area contributed by atoms with Crippen molar-refractivity contribution in [2.75, 3.05) is 19.5 Å². The average Bonchev–Trinajstić information content (AvgIpc) is 2.80. The summed E-state index contributed by atoms with van der Waals surface area (Å²) < 4.78 is 29.7. The standard InChI is InChI=1S/C23H28O6S/c1-3-30-23-19(24)21(26-13-15-9-11-17(25-2)12-10-15)20-18(28-23)14-27-22(29-20)16-7-5-4-6-8-16/h4-12,18-24H,3,13-14H2,1-2H3/t18-,19-,20+,21-,22+,23+/m1/s1. The number of aliphatic hydroxyl groups excluding tert-OH is 1. The lowest BCUT2D eigenvalue weighted by Crippen LogP contribution is -2.61. The Balaban J connectivity index is 1.50. The van der Waals surface area contributed by atoms with Crippen LogP contribution in [0.15, 0.2) is 54.6 Å². The zero-order valence-electron chi connectivity index (χ0n) is 17.2. The number of hydrogen-bond donors (Lipinski definition) is 1. The summed E-state index contributed by atoms with van der Waals surface area (Å²) in [6.45, 7) is 2.79. The SMILES string of the molecule is CCS[C@@H]1O[C@@H]2CO[C@H](c3ccccc3)O[C@@H]2[C@H](OCc2ccc(OC)cc2)[C@H]1O. The summed E-state index contributed by atoms with van der Waals surface area (Å²) in [5.41, 5.74) is 1.55. The van der Waals surface area contributed by atoms with E-state index in [1.54, 1.807) is 18.9 Å². The third-order valence-corrected chi connectivity index (χ3v) is 6.36. The van der Waals surface area contributed by atoms with Gasteiger partial charge in [0.05, 0.1) is 20.3 Å². The van der Waals surface area contributed by atoms with Crippen LogP contribution in [0.4, 0.5) is 0 Å². The molecule has 2 fully saturated rings. The van der Waals surface area contributed by atoms with Gasteiger partial charge in [0.2, 0.25) is 0 Å². The number of aliphatic hydroxyl groups is 1. The summed E-state index contributed by atoms with van der Waals surface area (Å²) in [4.78, 5) is 0. The zero-order chi connectivity index (χ0) is 20.9. The van der Waals surface area contributed by atoms with Crippen molar-refractivity contribution in [3.05, 3.63) is 65.7 Å². The fourth-order valence-corrected chi connectivity index (χ4v) is 4.65. The molecule has 0 bridgehead atoms. The Bertz CT molecular complexity index is 786. The molecule has 2 aliphatic rings. The second kappa shape index (κ2) is 10.1. The topological polar surface area (TPSA) is 66.4 Å². The maximum absolute atomic E-state index is 11.0. The molecule has 2 aromatic carbocycles. The van der Waals surface area contributed by atoms with Crippen LogP contribution >= 0.6 is 11.8 Å². The Labute approximate surface area is 181 Å². The number of rotatable bonds is 7. The molecule has 0 amide bonds. The Morgan fingerprint density at radius 3 is 2.53 bits per heavy atom. The molecule has 30 heavy (non-hydrogen) atoms. The second-order valence-corrected chi connectivity index (χ2v) is 8.66. The maximum atomic E-state index is 11.0. The summed E-state index contributed by atoms with van der Waals surface area (Å²) in [6, 6.07) is 17.5. The van der Waals surface area contributed by atoms with Crippen molar-refractivity contribution in [2.24, 2.45) is 0 Å². The Hall–Kier alpha value is -1.61. The molecule has 4 rings (SSSR count). The van der Waals surface area contributed by atoms with Crippen molar-refractivity contribution >= 4 is 11.8 Å². The summed E-state index contributed by atoms with van der Waals surface area (Å²) in [5.74, 6) is 1.63. The molecule has 7 heteroatoms. The van der Waals surface area contributed by atoms with Crippen LogP contribution in [0.1, 0.15) is 24.3 Å². The van der Waals surface area contributed by atoms with Crippen molar-refractivity contribution in [3.8, 4) is 5.75 Å². The van der Waals surface area contributed by atoms with Gasteiger partial charge in [0.1, 0.15) is 35.6 Å². The van der Waals surface area contributed by atoms with Gasteiger partial charge < -0.3 is 28.8 Å². The molecular weight excluding hydrogens is 404 g/mol. The van der Waals surface area contributed by atoms with E-state index in [-0.39, 0.29) is 11.5 Å². The van der Waals surface area contributed by atoms with Crippen LogP contribution in [0.2, 0.25) is 0 Å². The van der Waals surface area contributed by atoms with Crippen LogP contribution in [-0.2, 0) is 25.6 Å². The van der Waals surface area contributed by atoms with Crippen LogP contribution in [0.25, 0.3) is 0 Å². The molecule has 0 saturated carbocycles. The molecular formula is C23H28O6S. The minimum Gasteiger partial charge on any atom is -0.497 e. The molecule has 0 aliphatic carbocycles. The highest BCUT2D eigenvalue weighted by atomic mass is 32.2. The largest absolute Gasteiger partial charge is 0.497 e. The third-order valence-electron chi connectivity index (χ3n) is 5.31. The lowest BCUT2D eigenvalue weighted by atomic mass is 9.98. The van der Waals surface area contributed by atoms with Gasteiger partial charge >= 0.3 is 0 Å². The fraction of sp³-hybridized carbons (Fsp3) is 0.478. The lowest BCUT2D eigenvalue weighted by Gasteiger charge is -2.47. The third kappa shape index (κ3) is 4.82. The van der Waals surface area contributed by atoms with Gasteiger partial charge in [-0.1, -0.05) is 49.4 Å². The van der Waals surface area contributed by atoms with E-state index < -0.39 is 24.6 Å². The van der Waals surface area contributed by atoms with E-state index in [4.69, 9.17) is 23.7 Å². The number of fused-ring (bicyclic) bond motifs is 1. The molecule has 0 radical (unpaired) electrons. The van der Waals surface area contributed by atoms with Gasteiger partial charge in [0.15, 0.2) is 6.29 Å². The first-order valence-electron chi connectivity index (χ1n) is 10.2. The predicted octanol–water partition coefficient (Wildman–Crippen LogP) is 3.53. The van der Waals surface area contributed by atoms with Crippen LogP contribution in [-0.4, -0.2) is 54.4 Å². The molecule has 1 N–H and O–H groups in total. The first-order valence-corrected chi connectivity index (χ1v) is 11.3. The molecule has 2 saturated heterocycles. The molecule has 0 aromatic heterocycles. The quantitative estimate of drug-likeness (QED) is 0.718. The van der Waals surface area contributed by atoms with E-state index in [2.05, 4.69) is 0 Å². The number of hydrogen-bond acceptors (Lipinski definition) is 7. The number of benzene rings is 2. The summed E-state index contributed by atoms with van der Waals surface area (Å²) in [6.07, 6.45) is -2.55. The molecule has 6 nitrogen and oxygen atoms in total. The normalized spacial score (nSPS) is 31.2. The number of methoxy groups -OCH3 is 1. The van der Waals surface area contributed by atoms with Crippen LogP contribution < -0.4 is 4.74 Å². The van der Waals surface area contributed by atoms with E-state index in [1.807, 2.05) is 61.5 Å². The molecule has 162 valence electrons. The van der Waals surface area contributed by atoms with Crippen molar-refractivity contribution in [1.82, 2.24) is 0 Å². The Morgan fingerprint density at radius 2 is 1.83 bits per heavy atom. The minimum atomic E-state index is -0.802. The first kappa shape index (κ1) is 21.6. The second-order valence-electron chi connectivity index (χ2n) is 7.29. The van der Waals surface area contributed by atoms with Crippen LogP contribution in [0.5, 0.6) is 5.75 Å². The maximum Gasteiger partial charge on any atom is 0.184 e. The summed E-state index contributed by atoms with van der Waals surface area (Å²) >= 11 is 1.56. The fourth-order valence-electron chi connectivity index (χ4n) is 3.75. The molecule has 2 aromatic rings. The first-order chi connectivity index (χ1) is 14.7. The van der Waals surface area contributed by atoms with Gasteiger partial charge in [0, 0.05) is 5.56 Å². The van der Waals surface area contributed by atoms with Crippen molar-refractivity contribution < 1.29 is 28.8 Å². The summed E-state index contributed by atoms with van der Waals surface area (Å²) in [5, 5.41) is 11.0. The van der Waals surface area contributed by atoms with E-state index in [0.29, 0.717) is 13.2 Å². The lowest BCUT2D eigenvalue weighted by molar-refractivity contribution is -0.325. The zero-order valence-corrected chi connectivity index (χ0v) is 18.0. The predicted molar refractivity (Wildman–Crippen MR) is 114 cm³/mol. The van der Waals surface area contributed by atoms with Gasteiger partial charge in [-0.05, 0) is 23.4 Å². The van der Waals surface area contributed by atoms with Crippen molar-refractivity contribution in [1.29, 1.82) is 0 Å². The highest BCUT2D eigenvalue weighted by Gasteiger charge is 2.50. The average molecular weight is 433 g/mol. The minimum absolute atomic E-state index is 0.293.